The summed E-state index contributed by atoms with van der Waals surface area (Å²) >= 11 is 1.68. The first-order valence-electron chi connectivity index (χ1n) is 9.73. The Morgan fingerprint density at radius 2 is 2.16 bits per heavy atom. The van der Waals surface area contributed by atoms with Gasteiger partial charge in [-0.25, -0.2) is 14.8 Å². The number of hydrogen-bond donors (Lipinski definition) is 1. The fourth-order valence-corrected chi connectivity index (χ4v) is 6.65. The number of rotatable bonds is 7. The van der Waals surface area contributed by atoms with Crippen molar-refractivity contribution in [3.8, 4) is 21.8 Å². The summed E-state index contributed by atoms with van der Waals surface area (Å²) in [4.78, 5) is 22.0. The molecule has 0 fully saturated rings. The second kappa shape index (κ2) is 9.35. The lowest BCUT2D eigenvalue weighted by Crippen LogP contribution is -2.07. The number of esters is 1. The Morgan fingerprint density at radius 1 is 1.32 bits per heavy atom. The highest BCUT2D eigenvalue weighted by Gasteiger charge is 2.25. The van der Waals surface area contributed by atoms with Crippen LogP contribution in [0.25, 0.3) is 32.0 Å². The third-order valence-corrected chi connectivity index (χ3v) is 8.59. The number of nitrogens with two attached hydrogens (primary N) is 1. The summed E-state index contributed by atoms with van der Waals surface area (Å²) in [5.41, 5.74) is 9.80. The molecule has 0 aliphatic heterocycles. The summed E-state index contributed by atoms with van der Waals surface area (Å²) in [7, 11) is 1.36. The van der Waals surface area contributed by atoms with Crippen molar-refractivity contribution in [2.45, 2.75) is 24.0 Å². The van der Waals surface area contributed by atoms with Crippen LogP contribution in [0.15, 0.2) is 46.1 Å². The van der Waals surface area contributed by atoms with Gasteiger partial charge in [-0.2, -0.15) is 0 Å². The summed E-state index contributed by atoms with van der Waals surface area (Å²) in [6.45, 7) is 2.07. The van der Waals surface area contributed by atoms with Crippen molar-refractivity contribution in [3.63, 3.8) is 0 Å². The van der Waals surface area contributed by atoms with E-state index in [0.717, 1.165) is 34.4 Å². The summed E-state index contributed by atoms with van der Waals surface area (Å²) in [6.07, 6.45) is 3.57. The molecule has 0 spiro atoms. The van der Waals surface area contributed by atoms with E-state index in [4.69, 9.17) is 15.5 Å². The molecule has 9 heteroatoms. The van der Waals surface area contributed by atoms with Crippen molar-refractivity contribution >= 4 is 55.7 Å². The average molecular weight is 472 g/mol. The molecule has 0 aliphatic rings. The fraction of sp³-hybridized carbons (Fsp3) is 0.227. The third kappa shape index (κ3) is 4.31. The van der Waals surface area contributed by atoms with E-state index in [1.54, 1.807) is 24.4 Å². The summed E-state index contributed by atoms with van der Waals surface area (Å²) < 4.78 is 18.4. The number of unbranched alkanes of at least 4 members (excludes halogenated alkanes) is 1. The zero-order valence-corrected chi connectivity index (χ0v) is 19.5. The second-order valence-corrected chi connectivity index (χ2v) is 10.5. The molecule has 0 amide bonds. The lowest BCUT2D eigenvalue weighted by molar-refractivity contribution is 0.0601. The molecule has 1 aromatic carbocycles. The highest BCUT2D eigenvalue weighted by molar-refractivity contribution is 7.93. The van der Waals surface area contributed by atoms with Crippen LogP contribution in [0.3, 0.4) is 0 Å². The highest BCUT2D eigenvalue weighted by atomic mass is 32.2. The number of aromatic nitrogens is 2. The van der Waals surface area contributed by atoms with E-state index >= 15 is 0 Å². The highest BCUT2D eigenvalue weighted by Crippen LogP contribution is 2.43. The van der Waals surface area contributed by atoms with Gasteiger partial charge in [-0.15, -0.1) is 11.3 Å². The first-order chi connectivity index (χ1) is 15.0. The molecule has 0 saturated heterocycles. The maximum absolute atomic E-state index is 12.9. The molecule has 3 aromatic heterocycles. The van der Waals surface area contributed by atoms with E-state index in [2.05, 4.69) is 11.9 Å². The smallest absolute Gasteiger partial charge is 0.337 e. The van der Waals surface area contributed by atoms with Gasteiger partial charge in [0.1, 0.15) is 27.0 Å². The SMILES string of the molecule is CCCC[S+]([O-])c1sc2nc(-c3nccs3)cc(-c3cccc(C(=O)OC)c3)c2c1N. The van der Waals surface area contributed by atoms with Crippen molar-refractivity contribution in [1.82, 2.24) is 9.97 Å². The van der Waals surface area contributed by atoms with Gasteiger partial charge in [-0.1, -0.05) is 36.8 Å². The number of carbonyl (C=O) groups is 1. The maximum Gasteiger partial charge on any atom is 0.337 e. The topological polar surface area (TPSA) is 101 Å². The Kier molecular flexibility index (Phi) is 6.57. The minimum absolute atomic E-state index is 0.410. The lowest BCUT2D eigenvalue weighted by atomic mass is 10.00. The molecule has 0 radical (unpaired) electrons. The number of anilines is 1. The number of thiophene rings is 1. The van der Waals surface area contributed by atoms with E-state index in [9.17, 15) is 9.35 Å². The van der Waals surface area contributed by atoms with Crippen LogP contribution < -0.4 is 5.73 Å². The second-order valence-electron chi connectivity index (χ2n) is 6.85. The molecule has 1 unspecified atom stereocenters. The van der Waals surface area contributed by atoms with E-state index in [1.807, 2.05) is 17.5 Å². The predicted octanol–water partition coefficient (Wildman–Crippen LogP) is 5.36. The number of carbonyl (C=O) groups excluding carboxylic acids is 1. The van der Waals surface area contributed by atoms with E-state index in [-0.39, 0.29) is 0 Å². The molecule has 0 bridgehead atoms. The van der Waals surface area contributed by atoms with Gasteiger partial charge in [-0.3, -0.25) is 0 Å². The van der Waals surface area contributed by atoms with Gasteiger partial charge in [0.05, 0.1) is 12.7 Å². The van der Waals surface area contributed by atoms with E-state index in [1.165, 1.54) is 29.8 Å². The quantitative estimate of drug-likeness (QED) is 0.287. The van der Waals surface area contributed by atoms with Gasteiger partial charge in [-0.05, 0) is 46.9 Å². The molecule has 0 saturated carbocycles. The van der Waals surface area contributed by atoms with Crippen LogP contribution in [0.4, 0.5) is 5.69 Å². The summed E-state index contributed by atoms with van der Waals surface area (Å²) in [6, 6.07) is 9.13. The molecule has 3 heterocycles. The summed E-state index contributed by atoms with van der Waals surface area (Å²) in [5, 5.41) is 3.44. The minimum Gasteiger partial charge on any atom is -0.611 e. The molecule has 0 aliphatic carbocycles. The Hall–Kier alpha value is -2.46. The van der Waals surface area contributed by atoms with Crippen molar-refractivity contribution in [2.75, 3.05) is 18.6 Å². The van der Waals surface area contributed by atoms with Crippen LogP contribution in [0, 0.1) is 0 Å². The minimum atomic E-state index is -1.18. The van der Waals surface area contributed by atoms with Crippen LogP contribution in [-0.2, 0) is 15.9 Å². The van der Waals surface area contributed by atoms with Crippen LogP contribution in [0.1, 0.15) is 30.1 Å². The van der Waals surface area contributed by atoms with Gasteiger partial charge >= 0.3 is 5.97 Å². The first kappa shape index (κ1) is 21.8. The number of fused-ring (bicyclic) bond motifs is 1. The lowest BCUT2D eigenvalue weighted by Gasteiger charge is -2.10. The van der Waals surface area contributed by atoms with Crippen molar-refractivity contribution in [2.24, 2.45) is 0 Å². The molecule has 2 N–H and O–H groups in total. The maximum atomic E-state index is 12.9. The predicted molar refractivity (Wildman–Crippen MR) is 128 cm³/mol. The van der Waals surface area contributed by atoms with Gasteiger partial charge in [0.2, 0.25) is 4.21 Å². The average Bonchev–Trinajstić information content (AvgIpc) is 3.45. The first-order valence-corrected chi connectivity index (χ1v) is 12.7. The van der Waals surface area contributed by atoms with Crippen molar-refractivity contribution in [1.29, 1.82) is 0 Å². The zero-order valence-electron chi connectivity index (χ0n) is 17.1. The van der Waals surface area contributed by atoms with Crippen molar-refractivity contribution < 1.29 is 14.1 Å². The number of nitrogen functional groups attached to an aromatic ring is 1. The Labute approximate surface area is 191 Å². The van der Waals surface area contributed by atoms with Crippen molar-refractivity contribution in [3.05, 3.63) is 47.5 Å². The number of thiazole rings is 1. The Balaban J connectivity index is 1.94. The molecule has 4 rings (SSSR count). The van der Waals surface area contributed by atoms with Crippen LogP contribution in [0.2, 0.25) is 0 Å². The monoisotopic (exact) mass is 471 g/mol. The van der Waals surface area contributed by atoms with Gasteiger partial charge in [0.15, 0.2) is 0 Å². The standard InChI is InChI=1S/C22H21N3O3S3/c1-3-4-10-31(27)22-18(23)17-15(13-6-5-7-14(11-13)21(26)28-2)12-16(25-20(17)30-22)19-24-8-9-29-19/h5-9,11-12H,3-4,10,23H2,1-2H3. The number of nitrogens with zero attached hydrogens (tertiary/aromatic N) is 2. The third-order valence-electron chi connectivity index (χ3n) is 4.80. The van der Waals surface area contributed by atoms with Gasteiger partial charge in [0.25, 0.3) is 0 Å². The van der Waals surface area contributed by atoms with Gasteiger partial charge in [0, 0.05) is 17.0 Å². The van der Waals surface area contributed by atoms with E-state index in [0.29, 0.717) is 31.7 Å². The van der Waals surface area contributed by atoms with Crippen LogP contribution in [-0.4, -0.2) is 33.4 Å². The Morgan fingerprint density at radius 3 is 2.87 bits per heavy atom. The normalized spacial score (nSPS) is 12.2. The molecule has 160 valence electrons. The van der Waals surface area contributed by atoms with E-state index < -0.39 is 17.1 Å². The Bertz CT molecular complexity index is 1220. The zero-order chi connectivity index (χ0) is 22.0. The molecule has 1 atom stereocenters. The molecule has 6 nitrogen and oxygen atoms in total. The van der Waals surface area contributed by atoms with Crippen LogP contribution >= 0.6 is 22.7 Å². The number of pyridine rings is 1. The molecule has 31 heavy (non-hydrogen) atoms. The fourth-order valence-electron chi connectivity index (χ4n) is 3.26. The summed E-state index contributed by atoms with van der Waals surface area (Å²) in [5.74, 6) is 0.159. The van der Waals surface area contributed by atoms with Gasteiger partial charge < -0.3 is 15.0 Å². The molecular weight excluding hydrogens is 450 g/mol. The largest absolute Gasteiger partial charge is 0.611 e. The number of benzene rings is 1. The number of hydrogen-bond acceptors (Lipinski definition) is 8. The number of ether oxygens (including phenoxy) is 1. The number of methoxy groups -OCH3 is 1. The van der Waals surface area contributed by atoms with Crippen LogP contribution in [0.5, 0.6) is 0 Å². The molecular formula is C22H21N3O3S3. The molecule has 4 aromatic rings.